The van der Waals surface area contributed by atoms with E-state index in [2.05, 4.69) is 22.8 Å². The fourth-order valence-electron chi connectivity index (χ4n) is 4.08. The van der Waals surface area contributed by atoms with Crippen LogP contribution in [0.15, 0.2) is 35.9 Å². The van der Waals surface area contributed by atoms with Gasteiger partial charge in [-0.2, -0.15) is 0 Å². The third-order valence-corrected chi connectivity index (χ3v) is 5.76. The second kappa shape index (κ2) is 9.46. The lowest BCUT2D eigenvalue weighted by atomic mass is 9.94. The molecule has 0 heterocycles. The minimum atomic E-state index is -0.248. The van der Waals surface area contributed by atoms with Gasteiger partial charge in [0.25, 0.3) is 0 Å². The molecule has 1 aliphatic carbocycles. The van der Waals surface area contributed by atoms with Gasteiger partial charge in [0.2, 0.25) is 5.91 Å². The van der Waals surface area contributed by atoms with E-state index in [4.69, 9.17) is 0 Å². The number of rotatable bonds is 6. The van der Waals surface area contributed by atoms with Crippen molar-refractivity contribution in [1.82, 2.24) is 5.32 Å². The molecule has 0 bridgehead atoms. The van der Waals surface area contributed by atoms with E-state index < -0.39 is 0 Å². The van der Waals surface area contributed by atoms with E-state index in [1.807, 2.05) is 46.8 Å². The Kier molecular flexibility index (Phi) is 6.96. The first-order valence-electron chi connectivity index (χ1n) is 10.9. The van der Waals surface area contributed by atoms with Crippen LogP contribution in [0.3, 0.4) is 0 Å². The molecule has 30 heavy (non-hydrogen) atoms. The molecule has 1 fully saturated rings. The van der Waals surface area contributed by atoms with Crippen LogP contribution in [0.1, 0.15) is 63.1 Å². The van der Waals surface area contributed by atoms with E-state index in [1.165, 1.54) is 12.8 Å². The quantitative estimate of drug-likeness (QED) is 0.544. The molecule has 4 heteroatoms. The van der Waals surface area contributed by atoms with Crippen molar-refractivity contribution in [3.05, 3.63) is 58.4 Å². The van der Waals surface area contributed by atoms with Gasteiger partial charge in [-0.25, -0.2) is 4.39 Å². The molecule has 0 radical (unpaired) electrons. The minimum absolute atomic E-state index is 0.0124. The fourth-order valence-corrected chi connectivity index (χ4v) is 4.08. The molecule has 3 rings (SSSR count). The van der Waals surface area contributed by atoms with Gasteiger partial charge in [0.15, 0.2) is 0 Å². The number of nitrogens with one attached hydrogen (secondary N) is 2. The first-order chi connectivity index (χ1) is 14.2. The lowest BCUT2D eigenvalue weighted by molar-refractivity contribution is -0.118. The normalized spacial score (nSPS) is 15.0. The van der Waals surface area contributed by atoms with Gasteiger partial charge in [-0.1, -0.05) is 31.0 Å². The standard InChI is InChI=1S/C26H33FN2O/c1-16(2)28-25-11-10-20(15-24(25)27)23-14-17(3)21(12-18(23)4)13-19(5)26(30)29-22-8-6-7-9-22/h10-16,22,28H,6-9H2,1-5H3,(H,29,30)/b19-13+. The van der Waals surface area contributed by atoms with Gasteiger partial charge >= 0.3 is 0 Å². The highest BCUT2D eigenvalue weighted by Crippen LogP contribution is 2.30. The van der Waals surface area contributed by atoms with Crippen molar-refractivity contribution in [2.24, 2.45) is 0 Å². The van der Waals surface area contributed by atoms with Crippen molar-refractivity contribution in [2.75, 3.05) is 5.32 Å². The SMILES string of the molecule is C/C(=C\c1cc(C)c(-c2ccc(NC(C)C)c(F)c2)cc1C)C(=O)NC1CCCC1. The van der Waals surface area contributed by atoms with Gasteiger partial charge in [-0.15, -0.1) is 0 Å². The molecule has 0 aliphatic heterocycles. The summed E-state index contributed by atoms with van der Waals surface area (Å²) in [7, 11) is 0. The van der Waals surface area contributed by atoms with Gasteiger partial charge in [-0.3, -0.25) is 4.79 Å². The summed E-state index contributed by atoms with van der Waals surface area (Å²) in [4.78, 5) is 12.5. The average molecular weight is 409 g/mol. The summed E-state index contributed by atoms with van der Waals surface area (Å²) in [5, 5.41) is 6.26. The van der Waals surface area contributed by atoms with Crippen LogP contribution in [0.4, 0.5) is 10.1 Å². The number of aryl methyl sites for hydroxylation is 2. The van der Waals surface area contributed by atoms with E-state index >= 15 is 0 Å². The zero-order chi connectivity index (χ0) is 21.8. The Morgan fingerprint density at radius 3 is 2.43 bits per heavy atom. The molecule has 1 saturated carbocycles. The van der Waals surface area contributed by atoms with Crippen LogP contribution >= 0.6 is 0 Å². The number of benzene rings is 2. The smallest absolute Gasteiger partial charge is 0.247 e. The molecule has 1 aliphatic rings. The maximum Gasteiger partial charge on any atom is 0.247 e. The Morgan fingerprint density at radius 1 is 1.10 bits per heavy atom. The Morgan fingerprint density at radius 2 is 1.80 bits per heavy atom. The number of amides is 1. The summed E-state index contributed by atoms with van der Waals surface area (Å²) in [6, 6.07) is 9.98. The van der Waals surface area contributed by atoms with Crippen molar-refractivity contribution in [3.63, 3.8) is 0 Å². The third-order valence-electron chi connectivity index (χ3n) is 5.76. The van der Waals surface area contributed by atoms with Crippen LogP contribution in [0.5, 0.6) is 0 Å². The second-order valence-electron chi connectivity index (χ2n) is 8.80. The van der Waals surface area contributed by atoms with Gasteiger partial charge in [0.1, 0.15) is 5.82 Å². The highest BCUT2D eigenvalue weighted by atomic mass is 19.1. The molecule has 2 N–H and O–H groups in total. The number of halogens is 1. The summed E-state index contributed by atoms with van der Waals surface area (Å²) in [6.07, 6.45) is 6.50. The molecule has 1 amide bonds. The van der Waals surface area contributed by atoms with Crippen LogP contribution in [0.25, 0.3) is 17.2 Å². The zero-order valence-corrected chi connectivity index (χ0v) is 18.7. The lowest BCUT2D eigenvalue weighted by Gasteiger charge is -2.15. The van der Waals surface area contributed by atoms with Crippen molar-refractivity contribution in [1.29, 1.82) is 0 Å². The number of carbonyl (C=O) groups is 1. The van der Waals surface area contributed by atoms with Crippen LogP contribution in [-0.4, -0.2) is 18.0 Å². The lowest BCUT2D eigenvalue weighted by Crippen LogP contribution is -2.33. The third kappa shape index (κ3) is 5.29. The predicted octanol–water partition coefficient (Wildman–Crippen LogP) is 6.39. The van der Waals surface area contributed by atoms with E-state index in [9.17, 15) is 9.18 Å². The molecule has 160 valence electrons. The molecule has 2 aromatic carbocycles. The minimum Gasteiger partial charge on any atom is -0.381 e. The molecular formula is C26H33FN2O. The summed E-state index contributed by atoms with van der Waals surface area (Å²) in [5.41, 5.74) is 6.24. The van der Waals surface area contributed by atoms with E-state index in [0.717, 1.165) is 40.7 Å². The first kappa shape index (κ1) is 22.1. The highest BCUT2D eigenvalue weighted by molar-refractivity contribution is 5.97. The average Bonchev–Trinajstić information content (AvgIpc) is 3.18. The molecule has 0 unspecified atom stereocenters. The van der Waals surface area contributed by atoms with Crippen molar-refractivity contribution in [3.8, 4) is 11.1 Å². The highest BCUT2D eigenvalue weighted by Gasteiger charge is 2.18. The van der Waals surface area contributed by atoms with Crippen molar-refractivity contribution in [2.45, 2.75) is 72.4 Å². The monoisotopic (exact) mass is 408 g/mol. The summed E-state index contributed by atoms with van der Waals surface area (Å²) >= 11 is 0. The molecule has 0 spiro atoms. The molecule has 3 nitrogen and oxygen atoms in total. The van der Waals surface area contributed by atoms with Crippen molar-refractivity contribution < 1.29 is 9.18 Å². The van der Waals surface area contributed by atoms with Gasteiger partial charge in [0, 0.05) is 17.7 Å². The molecule has 0 aromatic heterocycles. The van der Waals surface area contributed by atoms with Crippen LogP contribution in [-0.2, 0) is 4.79 Å². The maximum atomic E-state index is 14.5. The van der Waals surface area contributed by atoms with Gasteiger partial charge < -0.3 is 10.6 Å². The van der Waals surface area contributed by atoms with E-state index in [-0.39, 0.29) is 17.8 Å². The predicted molar refractivity (Wildman–Crippen MR) is 124 cm³/mol. The van der Waals surface area contributed by atoms with Crippen LogP contribution in [0.2, 0.25) is 0 Å². The fraction of sp³-hybridized carbons (Fsp3) is 0.423. The van der Waals surface area contributed by atoms with Crippen LogP contribution in [0, 0.1) is 19.7 Å². The second-order valence-corrected chi connectivity index (χ2v) is 8.80. The van der Waals surface area contributed by atoms with Crippen LogP contribution < -0.4 is 10.6 Å². The summed E-state index contributed by atoms with van der Waals surface area (Å²) in [6.45, 7) is 9.90. The maximum absolute atomic E-state index is 14.5. The molecule has 2 aromatic rings. The largest absolute Gasteiger partial charge is 0.381 e. The number of anilines is 1. The van der Waals surface area contributed by atoms with Gasteiger partial charge in [0.05, 0.1) is 5.69 Å². The van der Waals surface area contributed by atoms with E-state index in [0.29, 0.717) is 17.3 Å². The Labute approximate surface area is 179 Å². The van der Waals surface area contributed by atoms with E-state index in [1.54, 1.807) is 12.1 Å². The molecular weight excluding hydrogens is 375 g/mol. The molecule has 0 saturated heterocycles. The Bertz CT molecular complexity index is 956. The number of hydrogen-bond donors (Lipinski definition) is 2. The number of carbonyl (C=O) groups excluding carboxylic acids is 1. The topological polar surface area (TPSA) is 41.1 Å². The first-order valence-corrected chi connectivity index (χ1v) is 10.9. The summed E-state index contributed by atoms with van der Waals surface area (Å²) < 4.78 is 14.5. The Balaban J connectivity index is 1.83. The van der Waals surface area contributed by atoms with Crippen molar-refractivity contribution >= 4 is 17.7 Å². The molecule has 0 atom stereocenters. The van der Waals surface area contributed by atoms with Gasteiger partial charge in [-0.05, 0) is 93.5 Å². The summed E-state index contributed by atoms with van der Waals surface area (Å²) in [5.74, 6) is -0.236. The Hall–Kier alpha value is -2.62. The number of hydrogen-bond acceptors (Lipinski definition) is 2. The zero-order valence-electron chi connectivity index (χ0n) is 18.7.